The zero-order valence-corrected chi connectivity index (χ0v) is 10.8. The van der Waals surface area contributed by atoms with Gasteiger partial charge in [0.05, 0.1) is 5.56 Å². The van der Waals surface area contributed by atoms with Crippen molar-refractivity contribution in [2.75, 3.05) is 0 Å². The Morgan fingerprint density at radius 1 is 1.42 bits per heavy atom. The molecule has 0 aliphatic heterocycles. The van der Waals surface area contributed by atoms with Crippen LogP contribution in [-0.2, 0) is 13.0 Å². The number of carboxylic acids is 1. The highest BCUT2D eigenvalue weighted by Gasteiger charge is 2.19. The molecule has 19 heavy (non-hydrogen) atoms. The van der Waals surface area contributed by atoms with Crippen LogP contribution in [0.3, 0.4) is 0 Å². The van der Waals surface area contributed by atoms with E-state index < -0.39 is 5.97 Å². The molecule has 0 aliphatic carbocycles. The third kappa shape index (κ3) is 2.76. The largest absolute Gasteiger partial charge is 0.488 e. The zero-order valence-electron chi connectivity index (χ0n) is 10.8. The molecular formula is C14H15NO4. The van der Waals surface area contributed by atoms with Gasteiger partial charge in [0.15, 0.2) is 5.69 Å². The summed E-state index contributed by atoms with van der Waals surface area (Å²) in [5.41, 5.74) is 1.46. The molecule has 5 heteroatoms. The monoisotopic (exact) mass is 261 g/mol. The van der Waals surface area contributed by atoms with Crippen LogP contribution in [0.1, 0.15) is 34.3 Å². The summed E-state index contributed by atoms with van der Waals surface area (Å²) in [5.74, 6) is 0.104. The minimum Gasteiger partial charge on any atom is -0.488 e. The average Bonchev–Trinajstić information content (AvgIpc) is 2.78. The number of benzene rings is 1. The van der Waals surface area contributed by atoms with Gasteiger partial charge in [-0.05, 0) is 25.0 Å². The van der Waals surface area contributed by atoms with Crippen molar-refractivity contribution in [3.63, 3.8) is 0 Å². The van der Waals surface area contributed by atoms with E-state index in [1.54, 1.807) is 6.92 Å². The molecule has 0 spiro atoms. The molecule has 0 fully saturated rings. The van der Waals surface area contributed by atoms with E-state index >= 15 is 0 Å². The Morgan fingerprint density at radius 3 is 2.84 bits per heavy atom. The first-order valence-corrected chi connectivity index (χ1v) is 6.02. The van der Waals surface area contributed by atoms with Crippen LogP contribution in [0.25, 0.3) is 0 Å². The number of hydrogen-bond donors (Lipinski definition) is 1. The number of nitrogens with zero attached hydrogens (tertiary/aromatic N) is 1. The van der Waals surface area contributed by atoms with Crippen LogP contribution in [-0.4, -0.2) is 16.2 Å². The summed E-state index contributed by atoms with van der Waals surface area (Å²) in [6.45, 7) is 3.84. The predicted molar refractivity (Wildman–Crippen MR) is 68.4 cm³/mol. The van der Waals surface area contributed by atoms with Gasteiger partial charge in [-0.3, -0.25) is 0 Å². The minimum atomic E-state index is -1.11. The van der Waals surface area contributed by atoms with Crippen molar-refractivity contribution < 1.29 is 19.2 Å². The van der Waals surface area contributed by atoms with Crippen molar-refractivity contribution in [2.45, 2.75) is 26.9 Å². The van der Waals surface area contributed by atoms with Gasteiger partial charge in [0, 0.05) is 0 Å². The lowest BCUT2D eigenvalue weighted by molar-refractivity contribution is 0.0683. The molecule has 5 nitrogen and oxygen atoms in total. The van der Waals surface area contributed by atoms with Crippen molar-refractivity contribution in [2.24, 2.45) is 0 Å². The molecule has 0 amide bonds. The lowest BCUT2D eigenvalue weighted by atomic mass is 10.1. The van der Waals surface area contributed by atoms with Crippen molar-refractivity contribution in [3.05, 3.63) is 46.8 Å². The van der Waals surface area contributed by atoms with E-state index in [2.05, 4.69) is 5.16 Å². The van der Waals surface area contributed by atoms with Crippen molar-refractivity contribution in [1.82, 2.24) is 5.16 Å². The predicted octanol–water partition coefficient (Wildman–Crippen LogP) is 2.82. The molecule has 0 bridgehead atoms. The minimum absolute atomic E-state index is 0.0912. The van der Waals surface area contributed by atoms with E-state index in [1.165, 1.54) is 0 Å². The number of aryl methyl sites for hydroxylation is 2. The molecule has 0 saturated carbocycles. The van der Waals surface area contributed by atoms with E-state index in [9.17, 15) is 4.79 Å². The molecule has 0 unspecified atom stereocenters. The third-order valence-corrected chi connectivity index (χ3v) is 2.91. The molecule has 1 heterocycles. The Balaban J connectivity index is 2.19. The first kappa shape index (κ1) is 13.1. The molecule has 1 aromatic heterocycles. The van der Waals surface area contributed by atoms with Gasteiger partial charge in [-0.1, -0.05) is 30.3 Å². The SMILES string of the molecule is CCc1ccccc1OCc1c(C(=O)O)noc1C. The lowest BCUT2D eigenvalue weighted by Crippen LogP contribution is -2.06. The average molecular weight is 261 g/mol. The van der Waals surface area contributed by atoms with E-state index in [-0.39, 0.29) is 12.3 Å². The number of ether oxygens (including phenoxy) is 1. The molecule has 0 aliphatic rings. The second-order valence-electron chi connectivity index (χ2n) is 4.12. The van der Waals surface area contributed by atoms with Gasteiger partial charge in [0.25, 0.3) is 0 Å². The molecule has 2 aromatic rings. The van der Waals surface area contributed by atoms with Crippen LogP contribution in [0.15, 0.2) is 28.8 Å². The smallest absolute Gasteiger partial charge is 0.358 e. The number of aromatic nitrogens is 1. The first-order valence-electron chi connectivity index (χ1n) is 6.02. The number of carboxylic acid groups (broad SMARTS) is 1. The molecule has 1 aromatic carbocycles. The molecule has 100 valence electrons. The molecular weight excluding hydrogens is 246 g/mol. The summed E-state index contributed by atoms with van der Waals surface area (Å²) in [4.78, 5) is 11.0. The van der Waals surface area contributed by atoms with Crippen LogP contribution in [0.4, 0.5) is 0 Å². The lowest BCUT2D eigenvalue weighted by Gasteiger charge is -2.09. The van der Waals surface area contributed by atoms with Gasteiger partial charge in [-0.2, -0.15) is 0 Å². The molecule has 1 N–H and O–H groups in total. The van der Waals surface area contributed by atoms with Gasteiger partial charge in [0.2, 0.25) is 0 Å². The highest BCUT2D eigenvalue weighted by molar-refractivity contribution is 5.87. The normalized spacial score (nSPS) is 10.4. The van der Waals surface area contributed by atoms with Crippen molar-refractivity contribution in [3.8, 4) is 5.75 Å². The highest BCUT2D eigenvalue weighted by atomic mass is 16.5. The van der Waals surface area contributed by atoms with Gasteiger partial charge in [-0.15, -0.1) is 0 Å². The highest BCUT2D eigenvalue weighted by Crippen LogP contribution is 2.21. The Morgan fingerprint density at radius 2 is 2.16 bits per heavy atom. The molecule has 0 atom stereocenters. The summed E-state index contributed by atoms with van der Waals surface area (Å²) in [6.07, 6.45) is 0.852. The van der Waals surface area contributed by atoms with Gasteiger partial charge >= 0.3 is 5.97 Å². The number of hydrogen-bond acceptors (Lipinski definition) is 4. The van der Waals surface area contributed by atoms with E-state index in [0.29, 0.717) is 11.3 Å². The summed E-state index contributed by atoms with van der Waals surface area (Å²) >= 11 is 0. The van der Waals surface area contributed by atoms with Gasteiger partial charge in [-0.25, -0.2) is 4.79 Å². The maximum atomic E-state index is 11.0. The second-order valence-corrected chi connectivity index (χ2v) is 4.12. The van der Waals surface area contributed by atoms with E-state index in [0.717, 1.165) is 17.7 Å². The molecule has 2 rings (SSSR count). The maximum Gasteiger partial charge on any atom is 0.358 e. The fourth-order valence-electron chi connectivity index (χ4n) is 1.82. The second kappa shape index (κ2) is 5.56. The Kier molecular flexibility index (Phi) is 3.85. The fourth-order valence-corrected chi connectivity index (χ4v) is 1.82. The Hall–Kier alpha value is -2.30. The standard InChI is InChI=1S/C14H15NO4/c1-3-10-6-4-5-7-12(10)18-8-11-9(2)19-15-13(11)14(16)17/h4-7H,3,8H2,1-2H3,(H,16,17). The summed E-state index contributed by atoms with van der Waals surface area (Å²) < 4.78 is 10.6. The summed E-state index contributed by atoms with van der Waals surface area (Å²) in [7, 11) is 0. The summed E-state index contributed by atoms with van der Waals surface area (Å²) in [6, 6.07) is 7.67. The Labute approximate surface area is 110 Å². The van der Waals surface area contributed by atoms with Crippen molar-refractivity contribution in [1.29, 1.82) is 0 Å². The topological polar surface area (TPSA) is 72.6 Å². The first-order chi connectivity index (χ1) is 9.13. The van der Waals surface area contributed by atoms with Crippen LogP contribution in [0.2, 0.25) is 0 Å². The summed E-state index contributed by atoms with van der Waals surface area (Å²) in [5, 5.41) is 12.5. The number of aromatic carboxylic acids is 1. The maximum absolute atomic E-state index is 11.0. The van der Waals surface area contributed by atoms with Crippen LogP contribution in [0, 0.1) is 6.92 Å². The van der Waals surface area contributed by atoms with E-state index in [4.69, 9.17) is 14.4 Å². The fraction of sp³-hybridized carbons (Fsp3) is 0.286. The molecule has 0 saturated heterocycles. The van der Waals surface area contributed by atoms with Crippen LogP contribution < -0.4 is 4.74 Å². The van der Waals surface area contributed by atoms with E-state index in [1.807, 2.05) is 31.2 Å². The Bertz CT molecular complexity index is 589. The van der Waals surface area contributed by atoms with Gasteiger partial charge < -0.3 is 14.4 Å². The van der Waals surface area contributed by atoms with Crippen LogP contribution >= 0.6 is 0 Å². The van der Waals surface area contributed by atoms with Gasteiger partial charge in [0.1, 0.15) is 18.1 Å². The number of carbonyl (C=O) groups is 1. The third-order valence-electron chi connectivity index (χ3n) is 2.91. The molecule has 0 radical (unpaired) electrons. The quantitative estimate of drug-likeness (QED) is 0.895. The number of rotatable bonds is 5. The zero-order chi connectivity index (χ0) is 13.8. The van der Waals surface area contributed by atoms with Crippen molar-refractivity contribution >= 4 is 5.97 Å². The number of para-hydroxylation sites is 1. The van der Waals surface area contributed by atoms with Crippen LogP contribution in [0.5, 0.6) is 5.75 Å².